The van der Waals surface area contributed by atoms with Crippen LogP contribution in [0.2, 0.25) is 0 Å². The van der Waals surface area contributed by atoms with Crippen molar-refractivity contribution >= 4 is 17.0 Å². The summed E-state index contributed by atoms with van der Waals surface area (Å²) >= 11 is 0. The molecule has 0 N–H and O–H groups in total. The van der Waals surface area contributed by atoms with Crippen LogP contribution in [0.15, 0.2) is 66.9 Å². The van der Waals surface area contributed by atoms with Gasteiger partial charge >= 0.3 is 12.0 Å². The van der Waals surface area contributed by atoms with Gasteiger partial charge in [0.15, 0.2) is 0 Å². The molecule has 9 nitrogen and oxygen atoms in total. The summed E-state index contributed by atoms with van der Waals surface area (Å²) in [6, 6.07) is 19.8. The van der Waals surface area contributed by atoms with Gasteiger partial charge in [0.1, 0.15) is 24.1 Å². The van der Waals surface area contributed by atoms with E-state index in [2.05, 4.69) is 16.0 Å². The Morgan fingerprint density at radius 1 is 1.00 bits per heavy atom. The van der Waals surface area contributed by atoms with Crippen molar-refractivity contribution < 1.29 is 23.0 Å². The fraction of sp³-hybridized carbons (Fsp3) is 0.235. The first-order valence-electron chi connectivity index (χ1n) is 14.2. The molecule has 1 aliphatic rings. The van der Waals surface area contributed by atoms with Gasteiger partial charge in [0.2, 0.25) is 0 Å². The van der Waals surface area contributed by atoms with Crippen LogP contribution in [-0.2, 0) is 24.3 Å². The number of hydrogen-bond acceptors (Lipinski definition) is 8. The standard InChI is InChI=1S/C34H26F2N6O3/c1-44-32(43)24-6-7-29-30(16-24)42(20-34(9-10-34)11-12-37)31(40-29)17-22-4-5-23(15-27(22)36)28-8-13-39-33(41-28)45-19-25-3-2-21(18-38)14-26(25)35/h2-8,13-16H,9-11,17,19-20H2,1H3. The summed E-state index contributed by atoms with van der Waals surface area (Å²) in [7, 11) is 1.32. The molecule has 0 radical (unpaired) electrons. The first kappa shape index (κ1) is 29.4. The van der Waals surface area contributed by atoms with Gasteiger partial charge in [0.05, 0.1) is 47.1 Å². The maximum Gasteiger partial charge on any atom is 0.337 e. The maximum absolute atomic E-state index is 15.6. The number of ether oxygens (including phenoxy) is 2. The Morgan fingerprint density at radius 3 is 2.51 bits per heavy atom. The third-order valence-corrected chi connectivity index (χ3v) is 8.02. The van der Waals surface area contributed by atoms with Gasteiger partial charge in [-0.25, -0.2) is 23.5 Å². The summed E-state index contributed by atoms with van der Waals surface area (Å²) in [6.07, 6.45) is 3.88. The molecule has 0 spiro atoms. The zero-order chi connectivity index (χ0) is 31.6. The number of nitrogens with zero attached hydrogens (tertiary/aromatic N) is 6. The van der Waals surface area contributed by atoms with Crippen molar-refractivity contribution in [2.45, 2.75) is 38.8 Å². The Labute approximate surface area is 257 Å². The molecule has 2 heterocycles. The van der Waals surface area contributed by atoms with E-state index in [1.54, 1.807) is 36.4 Å². The third kappa shape index (κ3) is 6.20. The van der Waals surface area contributed by atoms with Crippen molar-refractivity contribution in [3.05, 3.63) is 107 Å². The smallest absolute Gasteiger partial charge is 0.337 e. The lowest BCUT2D eigenvalue weighted by Crippen LogP contribution is -2.15. The second-order valence-corrected chi connectivity index (χ2v) is 11.1. The second kappa shape index (κ2) is 12.1. The molecule has 3 aromatic carbocycles. The normalized spacial score (nSPS) is 13.2. The third-order valence-electron chi connectivity index (χ3n) is 8.02. The Morgan fingerprint density at radius 2 is 1.80 bits per heavy atom. The molecule has 0 bridgehead atoms. The van der Waals surface area contributed by atoms with E-state index in [0.717, 1.165) is 24.4 Å². The van der Waals surface area contributed by atoms with Gasteiger partial charge in [-0.2, -0.15) is 15.5 Å². The molecule has 1 aliphatic carbocycles. The van der Waals surface area contributed by atoms with Crippen molar-refractivity contribution in [3.8, 4) is 29.4 Å². The summed E-state index contributed by atoms with van der Waals surface area (Å²) in [5, 5.41) is 18.3. The topological polar surface area (TPSA) is 127 Å². The second-order valence-electron chi connectivity index (χ2n) is 11.1. The minimum absolute atomic E-state index is 0.00726. The van der Waals surface area contributed by atoms with Crippen molar-refractivity contribution in [2.75, 3.05) is 7.11 Å². The number of nitriles is 2. The fourth-order valence-corrected chi connectivity index (χ4v) is 5.27. The molecule has 0 amide bonds. The molecular weight excluding hydrogens is 578 g/mol. The highest BCUT2D eigenvalue weighted by molar-refractivity contribution is 5.93. The number of carbonyl (C=O) groups is 1. The zero-order valence-corrected chi connectivity index (χ0v) is 24.3. The molecule has 0 atom stereocenters. The highest BCUT2D eigenvalue weighted by atomic mass is 19.1. The molecule has 11 heteroatoms. The van der Waals surface area contributed by atoms with E-state index < -0.39 is 17.6 Å². The quantitative estimate of drug-likeness (QED) is 0.170. The van der Waals surface area contributed by atoms with Crippen LogP contribution in [0.3, 0.4) is 0 Å². The van der Waals surface area contributed by atoms with Crippen LogP contribution in [0, 0.1) is 39.7 Å². The Bertz CT molecular complexity index is 2020. The molecule has 1 saturated carbocycles. The number of aromatic nitrogens is 4. The summed E-state index contributed by atoms with van der Waals surface area (Å²) < 4.78 is 42.3. The molecule has 2 aromatic heterocycles. The number of carbonyl (C=O) groups excluding carboxylic acids is 1. The molecule has 0 saturated heterocycles. The minimum Gasteiger partial charge on any atom is -0.465 e. The molecular formula is C34H26F2N6O3. The molecule has 6 rings (SSSR count). The van der Waals surface area contributed by atoms with E-state index in [9.17, 15) is 14.4 Å². The van der Waals surface area contributed by atoms with Crippen LogP contribution in [-0.4, -0.2) is 32.6 Å². The number of fused-ring (bicyclic) bond motifs is 1. The van der Waals surface area contributed by atoms with Crippen LogP contribution >= 0.6 is 0 Å². The number of halogens is 2. The van der Waals surface area contributed by atoms with Gasteiger partial charge in [-0.05, 0) is 60.9 Å². The molecule has 45 heavy (non-hydrogen) atoms. The first-order valence-corrected chi connectivity index (χ1v) is 14.2. The average molecular weight is 605 g/mol. The lowest BCUT2D eigenvalue weighted by Gasteiger charge is -2.16. The van der Waals surface area contributed by atoms with Crippen molar-refractivity contribution in [3.63, 3.8) is 0 Å². The summed E-state index contributed by atoms with van der Waals surface area (Å²) in [6.45, 7) is 0.388. The van der Waals surface area contributed by atoms with Crippen LogP contribution in [0.5, 0.6) is 6.01 Å². The van der Waals surface area contributed by atoms with Gasteiger partial charge in [-0.3, -0.25) is 0 Å². The van der Waals surface area contributed by atoms with Crippen LogP contribution in [0.4, 0.5) is 8.78 Å². The number of hydrogen-bond donors (Lipinski definition) is 0. The number of esters is 1. The maximum atomic E-state index is 15.6. The van der Waals surface area contributed by atoms with Crippen LogP contribution < -0.4 is 4.74 Å². The molecule has 5 aromatic rings. The van der Waals surface area contributed by atoms with Crippen molar-refractivity contribution in [1.82, 2.24) is 19.5 Å². The predicted molar refractivity (Wildman–Crippen MR) is 159 cm³/mol. The van der Waals surface area contributed by atoms with E-state index in [1.807, 2.05) is 10.6 Å². The zero-order valence-electron chi connectivity index (χ0n) is 24.3. The van der Waals surface area contributed by atoms with Crippen LogP contribution in [0.1, 0.15) is 52.1 Å². The van der Waals surface area contributed by atoms with Crippen LogP contribution in [0.25, 0.3) is 22.3 Å². The van der Waals surface area contributed by atoms with Gasteiger partial charge < -0.3 is 14.0 Å². The largest absolute Gasteiger partial charge is 0.465 e. The number of benzene rings is 3. The Kier molecular flexibility index (Phi) is 7.93. The average Bonchev–Trinajstić information content (AvgIpc) is 3.74. The molecule has 1 fully saturated rings. The number of rotatable bonds is 10. The fourth-order valence-electron chi connectivity index (χ4n) is 5.27. The van der Waals surface area contributed by atoms with Gasteiger partial charge in [-0.15, -0.1) is 0 Å². The molecule has 0 aliphatic heterocycles. The summed E-state index contributed by atoms with van der Waals surface area (Å²) in [5.41, 5.74) is 3.38. The lowest BCUT2D eigenvalue weighted by atomic mass is 10.0. The monoisotopic (exact) mass is 604 g/mol. The predicted octanol–water partition coefficient (Wildman–Crippen LogP) is 6.29. The van der Waals surface area contributed by atoms with Gasteiger partial charge in [0.25, 0.3) is 0 Å². The van der Waals surface area contributed by atoms with E-state index in [0.29, 0.717) is 46.7 Å². The number of methoxy groups -OCH3 is 1. The highest BCUT2D eigenvalue weighted by Gasteiger charge is 2.43. The lowest BCUT2D eigenvalue weighted by molar-refractivity contribution is 0.0601. The van der Waals surface area contributed by atoms with E-state index in [-0.39, 0.29) is 35.6 Å². The van der Waals surface area contributed by atoms with E-state index in [4.69, 9.17) is 19.7 Å². The van der Waals surface area contributed by atoms with Gasteiger partial charge in [-0.1, -0.05) is 18.2 Å². The first-order chi connectivity index (χ1) is 21.8. The molecule has 0 unspecified atom stereocenters. The number of imidazole rings is 1. The highest BCUT2D eigenvalue weighted by Crippen LogP contribution is 2.50. The van der Waals surface area contributed by atoms with Crippen molar-refractivity contribution in [2.24, 2.45) is 5.41 Å². The SMILES string of the molecule is COC(=O)c1ccc2nc(Cc3ccc(-c4ccnc(OCc5ccc(C#N)cc5F)n4)cc3F)n(CC3(CC#N)CC3)c2c1. The minimum atomic E-state index is -0.572. The Balaban J connectivity index is 1.25. The van der Waals surface area contributed by atoms with Gasteiger partial charge in [0, 0.05) is 42.1 Å². The summed E-state index contributed by atoms with van der Waals surface area (Å²) in [4.78, 5) is 25.4. The summed E-state index contributed by atoms with van der Waals surface area (Å²) in [5.74, 6) is -0.876. The van der Waals surface area contributed by atoms with E-state index >= 15 is 4.39 Å². The Hall–Kier alpha value is -5.68. The molecule has 224 valence electrons. The van der Waals surface area contributed by atoms with Crippen molar-refractivity contribution in [1.29, 1.82) is 10.5 Å². The van der Waals surface area contributed by atoms with E-state index in [1.165, 1.54) is 31.5 Å².